The Kier molecular flexibility index (Phi) is 4.14. The molecule has 0 unspecified atom stereocenters. The zero-order valence-electron chi connectivity index (χ0n) is 12.5. The van der Waals surface area contributed by atoms with Crippen molar-refractivity contribution in [2.24, 2.45) is 0 Å². The lowest BCUT2D eigenvalue weighted by Crippen LogP contribution is -1.97. The van der Waals surface area contributed by atoms with Crippen molar-refractivity contribution in [2.45, 2.75) is 4.90 Å². The van der Waals surface area contributed by atoms with E-state index in [0.717, 1.165) is 6.26 Å². The van der Waals surface area contributed by atoms with Gasteiger partial charge in [-0.2, -0.15) is 5.26 Å². The Bertz CT molecular complexity index is 1070. The Labute approximate surface area is 144 Å². The van der Waals surface area contributed by atoms with Crippen molar-refractivity contribution in [2.75, 3.05) is 6.26 Å². The van der Waals surface area contributed by atoms with E-state index in [4.69, 9.17) is 16.3 Å². The van der Waals surface area contributed by atoms with Gasteiger partial charge in [0.1, 0.15) is 11.8 Å². The number of nitriles is 1. The second-order valence-electron chi connectivity index (χ2n) is 5.13. The number of hydrogen-bond donors (Lipinski definition) is 0. The quantitative estimate of drug-likeness (QED) is 0.708. The van der Waals surface area contributed by atoms with Gasteiger partial charge in [-0.1, -0.05) is 11.6 Å². The molecule has 7 heteroatoms. The van der Waals surface area contributed by atoms with E-state index in [1.807, 2.05) is 0 Å². The summed E-state index contributed by atoms with van der Waals surface area (Å²) in [6.07, 6.45) is 1.14. The molecule has 0 aliphatic carbocycles. The van der Waals surface area contributed by atoms with Crippen molar-refractivity contribution in [3.8, 4) is 17.7 Å². The van der Waals surface area contributed by atoms with Crippen LogP contribution < -0.4 is 4.74 Å². The van der Waals surface area contributed by atoms with E-state index in [-0.39, 0.29) is 10.8 Å². The summed E-state index contributed by atoms with van der Waals surface area (Å²) in [6.45, 7) is 0. The third-order valence-electron chi connectivity index (χ3n) is 3.34. The number of pyridine rings is 1. The average Bonchev–Trinajstić information content (AvgIpc) is 2.54. The highest BCUT2D eigenvalue weighted by Crippen LogP contribution is 2.27. The van der Waals surface area contributed by atoms with Crippen LogP contribution in [0.5, 0.6) is 11.6 Å². The van der Waals surface area contributed by atoms with Crippen LogP contribution in [0.1, 0.15) is 5.56 Å². The second-order valence-corrected chi connectivity index (χ2v) is 7.58. The first-order valence-electron chi connectivity index (χ1n) is 6.85. The van der Waals surface area contributed by atoms with Crippen molar-refractivity contribution in [1.82, 2.24) is 4.98 Å². The summed E-state index contributed by atoms with van der Waals surface area (Å²) in [5.41, 5.74) is 0.978. The Morgan fingerprint density at radius 1 is 1.12 bits per heavy atom. The van der Waals surface area contributed by atoms with Crippen LogP contribution in [0.2, 0.25) is 5.02 Å². The highest BCUT2D eigenvalue weighted by Gasteiger charge is 2.10. The molecule has 0 radical (unpaired) electrons. The van der Waals surface area contributed by atoms with Gasteiger partial charge in [0.05, 0.1) is 16.0 Å². The molecule has 3 rings (SSSR count). The van der Waals surface area contributed by atoms with Crippen molar-refractivity contribution in [1.29, 1.82) is 5.26 Å². The van der Waals surface area contributed by atoms with Gasteiger partial charge in [0.25, 0.3) is 0 Å². The Morgan fingerprint density at radius 3 is 2.46 bits per heavy atom. The van der Waals surface area contributed by atoms with E-state index in [1.165, 1.54) is 30.3 Å². The molecule has 3 aromatic rings. The number of sulfone groups is 1. The fourth-order valence-corrected chi connectivity index (χ4v) is 3.00. The van der Waals surface area contributed by atoms with Crippen LogP contribution in [0, 0.1) is 11.3 Å². The van der Waals surface area contributed by atoms with Gasteiger partial charge in [-0.3, -0.25) is 0 Å². The second kappa shape index (κ2) is 6.11. The van der Waals surface area contributed by atoms with Crippen molar-refractivity contribution < 1.29 is 13.2 Å². The van der Waals surface area contributed by atoms with Crippen molar-refractivity contribution >= 4 is 32.3 Å². The normalized spacial score (nSPS) is 11.2. The van der Waals surface area contributed by atoms with Crippen LogP contribution in [0.25, 0.3) is 10.9 Å². The van der Waals surface area contributed by atoms with Crippen LogP contribution in [0.4, 0.5) is 0 Å². The van der Waals surface area contributed by atoms with E-state index in [0.29, 0.717) is 27.2 Å². The lowest BCUT2D eigenvalue weighted by Gasteiger charge is -2.08. The molecule has 0 atom stereocenters. The predicted octanol–water partition coefficient (Wildman–Crippen LogP) is 3.96. The number of rotatable bonds is 3. The molecule has 0 fully saturated rings. The van der Waals surface area contributed by atoms with Crippen molar-refractivity contribution in [3.05, 3.63) is 59.1 Å². The molecule has 2 aromatic carbocycles. The highest BCUT2D eigenvalue weighted by molar-refractivity contribution is 7.90. The third kappa shape index (κ3) is 3.32. The molecule has 0 aliphatic heterocycles. The summed E-state index contributed by atoms with van der Waals surface area (Å²) in [4.78, 5) is 4.54. The van der Waals surface area contributed by atoms with E-state index in [1.54, 1.807) is 18.2 Å². The zero-order valence-corrected chi connectivity index (χ0v) is 14.1. The minimum Gasteiger partial charge on any atom is -0.439 e. The minimum atomic E-state index is -3.26. The van der Waals surface area contributed by atoms with Gasteiger partial charge < -0.3 is 4.74 Å². The molecule has 0 N–H and O–H groups in total. The van der Waals surface area contributed by atoms with E-state index in [2.05, 4.69) is 11.1 Å². The monoisotopic (exact) mass is 358 g/mol. The first-order chi connectivity index (χ1) is 11.4. The summed E-state index contributed by atoms with van der Waals surface area (Å²) in [5, 5.41) is 10.5. The molecule has 0 amide bonds. The molecular formula is C17H11ClN2O3S. The fraction of sp³-hybridized carbons (Fsp3) is 0.0588. The van der Waals surface area contributed by atoms with Crippen LogP contribution in [0.15, 0.2) is 53.4 Å². The maximum absolute atomic E-state index is 11.5. The molecule has 1 heterocycles. The number of hydrogen-bond acceptors (Lipinski definition) is 5. The number of ether oxygens (including phenoxy) is 1. The first kappa shape index (κ1) is 16.2. The number of halogens is 1. The van der Waals surface area contributed by atoms with Gasteiger partial charge in [0, 0.05) is 22.7 Å². The Morgan fingerprint density at radius 2 is 1.83 bits per heavy atom. The van der Waals surface area contributed by atoms with Gasteiger partial charge in [-0.05, 0) is 42.5 Å². The van der Waals surface area contributed by atoms with Crippen LogP contribution in [0.3, 0.4) is 0 Å². The molecule has 0 bridgehead atoms. The topological polar surface area (TPSA) is 80.0 Å². The number of aromatic nitrogens is 1. The van der Waals surface area contributed by atoms with Gasteiger partial charge in [0.15, 0.2) is 9.84 Å². The molecular weight excluding hydrogens is 348 g/mol. The molecule has 120 valence electrons. The molecule has 24 heavy (non-hydrogen) atoms. The molecule has 0 saturated heterocycles. The molecule has 1 aromatic heterocycles. The standard InChI is InChI=1S/C17H11ClN2O3S/c1-24(21,22)14-5-3-13(4-6-14)23-17-8-11(10-19)15-9-12(18)2-7-16(15)20-17/h2-9H,1H3. The summed E-state index contributed by atoms with van der Waals surface area (Å²) in [6, 6.07) is 14.7. The van der Waals surface area contributed by atoms with Crippen LogP contribution in [-0.4, -0.2) is 19.7 Å². The SMILES string of the molecule is CS(=O)(=O)c1ccc(Oc2cc(C#N)c3cc(Cl)ccc3n2)cc1. The first-order valence-corrected chi connectivity index (χ1v) is 9.12. The van der Waals surface area contributed by atoms with E-state index < -0.39 is 9.84 Å². The zero-order chi connectivity index (χ0) is 17.3. The Hall–Kier alpha value is -2.62. The van der Waals surface area contributed by atoms with Crippen molar-refractivity contribution in [3.63, 3.8) is 0 Å². The van der Waals surface area contributed by atoms with E-state index in [9.17, 15) is 13.7 Å². The maximum Gasteiger partial charge on any atom is 0.221 e. The predicted molar refractivity (Wildman–Crippen MR) is 91.1 cm³/mol. The van der Waals surface area contributed by atoms with Gasteiger partial charge in [-0.15, -0.1) is 0 Å². The molecule has 0 saturated carbocycles. The average molecular weight is 359 g/mol. The summed E-state index contributed by atoms with van der Waals surface area (Å²) in [5.74, 6) is 0.667. The number of benzene rings is 2. The third-order valence-corrected chi connectivity index (χ3v) is 4.71. The fourth-order valence-electron chi connectivity index (χ4n) is 2.19. The Balaban J connectivity index is 1.99. The summed E-state index contributed by atoms with van der Waals surface area (Å²) >= 11 is 5.95. The molecule has 5 nitrogen and oxygen atoms in total. The largest absolute Gasteiger partial charge is 0.439 e. The highest BCUT2D eigenvalue weighted by atomic mass is 35.5. The smallest absolute Gasteiger partial charge is 0.221 e. The number of fused-ring (bicyclic) bond motifs is 1. The van der Waals surface area contributed by atoms with Crippen LogP contribution >= 0.6 is 11.6 Å². The maximum atomic E-state index is 11.5. The van der Waals surface area contributed by atoms with Gasteiger partial charge >= 0.3 is 0 Å². The minimum absolute atomic E-state index is 0.202. The van der Waals surface area contributed by atoms with Gasteiger partial charge in [0.2, 0.25) is 5.88 Å². The lowest BCUT2D eigenvalue weighted by molar-refractivity contribution is 0.464. The number of nitrogens with zero attached hydrogens (tertiary/aromatic N) is 2. The van der Waals surface area contributed by atoms with Gasteiger partial charge in [-0.25, -0.2) is 13.4 Å². The molecule has 0 spiro atoms. The molecule has 0 aliphatic rings. The summed E-state index contributed by atoms with van der Waals surface area (Å²) in [7, 11) is -3.26. The van der Waals surface area contributed by atoms with E-state index >= 15 is 0 Å². The van der Waals surface area contributed by atoms with Crippen LogP contribution in [-0.2, 0) is 9.84 Å². The summed E-state index contributed by atoms with van der Waals surface area (Å²) < 4.78 is 28.6. The lowest BCUT2D eigenvalue weighted by atomic mass is 10.1.